The molecule has 5 nitrogen and oxygen atoms in total. The van der Waals surface area contributed by atoms with Crippen LogP contribution in [0.3, 0.4) is 0 Å². The van der Waals surface area contributed by atoms with Crippen LogP contribution in [0.4, 0.5) is 0 Å². The molecule has 1 heterocycles. The second kappa shape index (κ2) is 6.60. The van der Waals surface area contributed by atoms with E-state index in [1.807, 2.05) is 59.2 Å². The van der Waals surface area contributed by atoms with Gasteiger partial charge in [0.2, 0.25) is 5.76 Å². The Labute approximate surface area is 138 Å². The number of hydrogen-bond donors (Lipinski definition) is 3. The SMILES string of the molecule is O=C(O)/C(O)=C\C(O)c1cc2ccccc2n1Cc1ccccc1. The molecule has 0 bridgehead atoms. The van der Waals surface area contributed by atoms with Gasteiger partial charge in [-0.25, -0.2) is 4.79 Å². The van der Waals surface area contributed by atoms with E-state index in [1.54, 1.807) is 6.07 Å². The summed E-state index contributed by atoms with van der Waals surface area (Å²) in [6.07, 6.45) is -0.296. The third-order valence-corrected chi connectivity index (χ3v) is 3.86. The minimum atomic E-state index is -1.47. The zero-order valence-corrected chi connectivity index (χ0v) is 12.8. The standard InChI is InChI=1S/C19H17NO4/c21-17(11-18(22)19(23)24)16-10-14-8-4-5-9-15(14)20(16)12-13-6-2-1-3-7-13/h1-11,17,21-22H,12H2,(H,23,24)/b18-11+. The van der Waals surface area contributed by atoms with Gasteiger partial charge >= 0.3 is 5.97 Å². The van der Waals surface area contributed by atoms with Gasteiger partial charge in [0, 0.05) is 12.1 Å². The van der Waals surface area contributed by atoms with Crippen molar-refractivity contribution in [3.8, 4) is 0 Å². The molecule has 1 atom stereocenters. The molecule has 0 aliphatic carbocycles. The number of aliphatic hydroxyl groups excluding tert-OH is 2. The van der Waals surface area contributed by atoms with Crippen LogP contribution in [0.1, 0.15) is 17.4 Å². The van der Waals surface area contributed by atoms with E-state index >= 15 is 0 Å². The summed E-state index contributed by atoms with van der Waals surface area (Å²) in [5.41, 5.74) is 2.50. The van der Waals surface area contributed by atoms with Gasteiger partial charge in [0.15, 0.2) is 0 Å². The van der Waals surface area contributed by atoms with Gasteiger partial charge in [-0.05, 0) is 29.2 Å². The van der Waals surface area contributed by atoms with E-state index in [0.717, 1.165) is 22.5 Å². The maximum Gasteiger partial charge on any atom is 0.370 e. The van der Waals surface area contributed by atoms with Crippen LogP contribution in [0.15, 0.2) is 72.5 Å². The number of carbonyl (C=O) groups is 1. The average molecular weight is 323 g/mol. The minimum absolute atomic E-state index is 0.521. The summed E-state index contributed by atoms with van der Waals surface area (Å²) in [5, 5.41) is 29.5. The van der Waals surface area contributed by atoms with Crippen LogP contribution in [-0.4, -0.2) is 25.9 Å². The molecule has 1 unspecified atom stereocenters. The zero-order chi connectivity index (χ0) is 17.1. The number of aliphatic carboxylic acids is 1. The Bertz CT molecular complexity index is 896. The smallest absolute Gasteiger partial charge is 0.370 e. The molecule has 3 rings (SSSR count). The van der Waals surface area contributed by atoms with Gasteiger partial charge in [0.05, 0.1) is 5.69 Å². The van der Waals surface area contributed by atoms with Crippen molar-refractivity contribution in [1.82, 2.24) is 4.57 Å². The molecule has 0 saturated heterocycles. The average Bonchev–Trinajstić information content (AvgIpc) is 2.94. The molecule has 0 spiro atoms. The number of benzene rings is 2. The molecule has 1 aromatic heterocycles. The molecular formula is C19H17NO4. The van der Waals surface area contributed by atoms with Gasteiger partial charge in [-0.15, -0.1) is 0 Å². The van der Waals surface area contributed by atoms with E-state index in [-0.39, 0.29) is 0 Å². The summed E-state index contributed by atoms with van der Waals surface area (Å²) in [6.45, 7) is 0.530. The topological polar surface area (TPSA) is 82.7 Å². The Balaban J connectivity index is 2.08. The highest BCUT2D eigenvalue weighted by Crippen LogP contribution is 2.26. The Hall–Kier alpha value is -3.05. The largest absolute Gasteiger partial charge is 0.502 e. The van der Waals surface area contributed by atoms with E-state index in [1.165, 1.54) is 0 Å². The maximum absolute atomic E-state index is 10.8. The first-order valence-corrected chi connectivity index (χ1v) is 7.50. The number of hydrogen-bond acceptors (Lipinski definition) is 3. The van der Waals surface area contributed by atoms with Crippen LogP contribution in [0.5, 0.6) is 0 Å². The van der Waals surface area contributed by atoms with Crippen molar-refractivity contribution >= 4 is 16.9 Å². The van der Waals surface area contributed by atoms with Crippen LogP contribution in [0, 0.1) is 0 Å². The summed E-state index contributed by atoms with van der Waals surface area (Å²) in [7, 11) is 0. The molecule has 0 saturated carbocycles. The highest BCUT2D eigenvalue weighted by molar-refractivity contribution is 5.84. The monoisotopic (exact) mass is 323 g/mol. The lowest BCUT2D eigenvalue weighted by atomic mass is 10.2. The summed E-state index contributed by atoms with van der Waals surface area (Å²) >= 11 is 0. The van der Waals surface area contributed by atoms with E-state index in [4.69, 9.17) is 5.11 Å². The maximum atomic E-state index is 10.8. The molecule has 122 valence electrons. The highest BCUT2D eigenvalue weighted by atomic mass is 16.4. The summed E-state index contributed by atoms with van der Waals surface area (Å²) in [5.74, 6) is -2.35. The van der Waals surface area contributed by atoms with Gasteiger partial charge in [-0.3, -0.25) is 0 Å². The van der Waals surface area contributed by atoms with Crippen molar-refractivity contribution in [2.24, 2.45) is 0 Å². The Morgan fingerprint density at radius 2 is 1.71 bits per heavy atom. The number of carboxylic acid groups (broad SMARTS) is 1. The van der Waals surface area contributed by atoms with Crippen molar-refractivity contribution in [3.63, 3.8) is 0 Å². The Morgan fingerprint density at radius 3 is 2.42 bits per heavy atom. The highest BCUT2D eigenvalue weighted by Gasteiger charge is 2.17. The summed E-state index contributed by atoms with van der Waals surface area (Å²) in [4.78, 5) is 10.8. The van der Waals surface area contributed by atoms with Gasteiger partial charge in [0.1, 0.15) is 6.10 Å². The fourth-order valence-electron chi connectivity index (χ4n) is 2.73. The molecule has 0 aliphatic heterocycles. The minimum Gasteiger partial charge on any atom is -0.502 e. The van der Waals surface area contributed by atoms with Crippen molar-refractivity contribution < 1.29 is 20.1 Å². The first-order valence-electron chi connectivity index (χ1n) is 7.50. The third-order valence-electron chi connectivity index (χ3n) is 3.86. The number of carboxylic acids is 1. The van der Waals surface area contributed by atoms with Crippen molar-refractivity contribution in [2.75, 3.05) is 0 Å². The van der Waals surface area contributed by atoms with Crippen LogP contribution in [0.2, 0.25) is 0 Å². The lowest BCUT2D eigenvalue weighted by molar-refractivity contribution is -0.135. The second-order valence-electron chi connectivity index (χ2n) is 5.50. The summed E-state index contributed by atoms with van der Waals surface area (Å²) in [6, 6.07) is 19.2. The van der Waals surface area contributed by atoms with Gasteiger partial charge in [0.25, 0.3) is 0 Å². The lowest BCUT2D eigenvalue weighted by Gasteiger charge is -2.13. The van der Waals surface area contributed by atoms with Crippen LogP contribution in [-0.2, 0) is 11.3 Å². The third kappa shape index (κ3) is 3.16. The number of aliphatic hydroxyl groups is 2. The Morgan fingerprint density at radius 1 is 1.04 bits per heavy atom. The van der Waals surface area contributed by atoms with E-state index in [0.29, 0.717) is 12.2 Å². The molecule has 3 N–H and O–H groups in total. The molecular weight excluding hydrogens is 306 g/mol. The predicted octanol–water partition coefficient (Wildman–Crippen LogP) is 3.25. The molecule has 0 fully saturated rings. The number of fused-ring (bicyclic) bond motifs is 1. The van der Waals surface area contributed by atoms with Crippen molar-refractivity contribution in [3.05, 3.63) is 83.8 Å². The summed E-state index contributed by atoms with van der Waals surface area (Å²) < 4.78 is 1.92. The van der Waals surface area contributed by atoms with Gasteiger partial charge < -0.3 is 19.9 Å². The molecule has 3 aromatic rings. The molecule has 0 amide bonds. The molecule has 24 heavy (non-hydrogen) atoms. The Kier molecular flexibility index (Phi) is 4.35. The number of para-hydroxylation sites is 1. The first-order chi connectivity index (χ1) is 11.6. The quantitative estimate of drug-likeness (QED) is 0.497. The second-order valence-corrected chi connectivity index (χ2v) is 5.50. The molecule has 0 radical (unpaired) electrons. The van der Waals surface area contributed by atoms with E-state index < -0.39 is 17.8 Å². The van der Waals surface area contributed by atoms with Crippen molar-refractivity contribution in [2.45, 2.75) is 12.6 Å². The molecule has 0 aliphatic rings. The first kappa shape index (κ1) is 15.8. The predicted molar refractivity (Wildman–Crippen MR) is 90.8 cm³/mol. The number of nitrogens with zero attached hydrogens (tertiary/aromatic N) is 1. The van der Waals surface area contributed by atoms with Crippen LogP contribution in [0.25, 0.3) is 10.9 Å². The molecule has 2 aromatic carbocycles. The lowest BCUT2D eigenvalue weighted by Crippen LogP contribution is -2.09. The normalized spacial score (nSPS) is 13.1. The number of rotatable bonds is 5. The van der Waals surface area contributed by atoms with Crippen molar-refractivity contribution in [1.29, 1.82) is 0 Å². The zero-order valence-electron chi connectivity index (χ0n) is 12.8. The molecule has 5 heteroatoms. The fourth-order valence-corrected chi connectivity index (χ4v) is 2.73. The fraction of sp³-hybridized carbons (Fsp3) is 0.105. The van der Waals surface area contributed by atoms with E-state index in [9.17, 15) is 15.0 Å². The van der Waals surface area contributed by atoms with Gasteiger partial charge in [-0.2, -0.15) is 0 Å². The van der Waals surface area contributed by atoms with Gasteiger partial charge in [-0.1, -0.05) is 48.5 Å². The van der Waals surface area contributed by atoms with Crippen LogP contribution < -0.4 is 0 Å². The number of aromatic nitrogens is 1. The van der Waals surface area contributed by atoms with E-state index in [2.05, 4.69) is 0 Å². The van der Waals surface area contributed by atoms with Crippen LogP contribution >= 0.6 is 0 Å².